The molecule has 4 saturated carbocycles. The second kappa shape index (κ2) is 15.2. The molecule has 0 aromatic carbocycles. The van der Waals surface area contributed by atoms with Gasteiger partial charge in [-0.05, 0) is 93.8 Å². The lowest BCUT2D eigenvalue weighted by Crippen LogP contribution is -2.65. The Kier molecular flexibility index (Phi) is 12.1. The van der Waals surface area contributed by atoms with Crippen LogP contribution in [0.3, 0.4) is 0 Å². The maximum Gasteiger partial charge on any atom is 0.481 e. The summed E-state index contributed by atoms with van der Waals surface area (Å²) in [5.41, 5.74) is -0.0860. The van der Waals surface area contributed by atoms with Crippen molar-refractivity contribution in [2.45, 2.75) is 149 Å². The summed E-state index contributed by atoms with van der Waals surface area (Å²) in [5.74, 6) is 1.93. The number of hydrogen-bond donors (Lipinski definition) is 5. The van der Waals surface area contributed by atoms with Crippen LogP contribution in [0.5, 0.6) is 0 Å². The van der Waals surface area contributed by atoms with E-state index in [1.807, 2.05) is 0 Å². The van der Waals surface area contributed by atoms with Crippen LogP contribution in [0.25, 0.3) is 0 Å². The molecule has 0 aromatic heterocycles. The molecule has 0 radical (unpaired) electrons. The molecule has 1 aliphatic heterocycles. The number of rotatable bonds is 15. The smallest absolute Gasteiger partial charge is 0.404 e. The van der Waals surface area contributed by atoms with Crippen molar-refractivity contribution in [1.82, 2.24) is 21.3 Å². The van der Waals surface area contributed by atoms with E-state index in [9.17, 15) is 9.59 Å². The largest absolute Gasteiger partial charge is 0.481 e. The zero-order chi connectivity index (χ0) is 32.1. The van der Waals surface area contributed by atoms with Crippen LogP contribution in [0.1, 0.15) is 125 Å². The van der Waals surface area contributed by atoms with E-state index in [1.165, 1.54) is 32.1 Å². The topological polar surface area (TPSA) is 125 Å². The van der Waals surface area contributed by atoms with Crippen LogP contribution >= 0.6 is 0 Å². The van der Waals surface area contributed by atoms with Crippen LogP contribution in [0.15, 0.2) is 0 Å². The van der Waals surface area contributed by atoms with Gasteiger partial charge < -0.3 is 30.6 Å². The molecule has 5 N–H and O–H groups in total. The van der Waals surface area contributed by atoms with E-state index in [0.29, 0.717) is 37.1 Å². The van der Waals surface area contributed by atoms with E-state index in [-0.39, 0.29) is 46.8 Å². The molecule has 1 heterocycles. The monoisotopic (exact) mass is 615 g/mol. The summed E-state index contributed by atoms with van der Waals surface area (Å²) < 4.78 is 13.4. The summed E-state index contributed by atoms with van der Waals surface area (Å²) in [6, 6.07) is -0.643. The number of unbranched alkanes of at least 4 members (excludes halogenated alkanes) is 2. The summed E-state index contributed by atoms with van der Waals surface area (Å²) in [6.07, 6.45) is 13.2. The molecule has 0 unspecified atom stereocenters. The van der Waals surface area contributed by atoms with Crippen molar-refractivity contribution in [2.75, 3.05) is 13.6 Å². The third-order valence-electron chi connectivity index (χ3n) is 11.6. The van der Waals surface area contributed by atoms with Gasteiger partial charge in [-0.15, -0.1) is 0 Å². The van der Waals surface area contributed by atoms with Crippen molar-refractivity contribution in [1.29, 1.82) is 5.41 Å². The van der Waals surface area contributed by atoms with E-state index in [2.05, 4.69) is 62.8 Å². The molecule has 5 fully saturated rings. The molecule has 1 saturated heterocycles. The molecule has 2 bridgehead atoms. The van der Waals surface area contributed by atoms with Gasteiger partial charge in [-0.3, -0.25) is 15.0 Å². The van der Waals surface area contributed by atoms with Gasteiger partial charge in [-0.25, -0.2) is 0 Å². The standard InChI is InChI=1S/C34H62BN5O4/c1-8-9-10-12-23-14-16-24(17-15-23)30(41)39-26(13-11-18-38-32(36)37-7)31(42)40-29(19-22(2)3)35-43-28-21-25-20-27(33(25,4)5)34(28,6)44-35/h22-29H,8-21H2,1-7H3,(H,39,41)(H,40,42)(H3,36,37,38)/t23-,24-,25-,26-,27-,28+,29-,34-/m0/s1. The van der Waals surface area contributed by atoms with E-state index in [0.717, 1.165) is 44.4 Å². The maximum absolute atomic E-state index is 14.0. The van der Waals surface area contributed by atoms with Crippen LogP contribution in [-0.2, 0) is 18.9 Å². The highest BCUT2D eigenvalue weighted by atomic mass is 16.7. The lowest BCUT2D eigenvalue weighted by atomic mass is 9.43. The van der Waals surface area contributed by atoms with Crippen molar-refractivity contribution in [3.8, 4) is 0 Å². The average molecular weight is 616 g/mol. The zero-order valence-electron chi connectivity index (χ0n) is 28.7. The first-order valence-corrected chi connectivity index (χ1v) is 17.8. The molecule has 0 aromatic rings. The summed E-state index contributed by atoms with van der Waals surface area (Å²) in [7, 11) is 1.21. The van der Waals surface area contributed by atoms with Crippen LogP contribution in [0.2, 0.25) is 0 Å². The maximum atomic E-state index is 14.0. The van der Waals surface area contributed by atoms with Gasteiger partial charge in [0.15, 0.2) is 5.96 Å². The Bertz CT molecular complexity index is 987. The SMILES string of the molecule is CCCCC[C@H]1CC[C@H](C(=O)N[C@@H](CCCNC(=N)NC)C(=O)N[C@@H](CC(C)C)B2O[C@@H]3C[C@@H]4C[C@@H](C4(C)C)[C@]3(C)O2)CC1. The highest BCUT2D eigenvalue weighted by Gasteiger charge is 2.68. The second-order valence-electron chi connectivity index (χ2n) is 15.6. The normalized spacial score (nSPS) is 31.8. The third-order valence-corrected chi connectivity index (χ3v) is 11.6. The number of nitrogens with one attached hydrogen (secondary N) is 5. The number of carbonyl (C=O) groups excluding carboxylic acids is 2. The van der Waals surface area contributed by atoms with Crippen molar-refractivity contribution in [3.63, 3.8) is 0 Å². The first-order valence-electron chi connectivity index (χ1n) is 17.8. The van der Waals surface area contributed by atoms with Crippen molar-refractivity contribution in [2.24, 2.45) is 35.0 Å². The predicted molar refractivity (Wildman–Crippen MR) is 177 cm³/mol. The van der Waals surface area contributed by atoms with E-state index in [1.54, 1.807) is 7.05 Å². The Morgan fingerprint density at radius 3 is 2.39 bits per heavy atom. The predicted octanol–water partition coefficient (Wildman–Crippen LogP) is 5.18. The number of guanidine groups is 1. The van der Waals surface area contributed by atoms with Crippen LogP contribution in [-0.4, -0.2) is 62.2 Å². The summed E-state index contributed by atoms with van der Waals surface area (Å²) in [4.78, 5) is 27.5. The Hall–Kier alpha value is -1.81. The van der Waals surface area contributed by atoms with Gasteiger partial charge in [0.05, 0.1) is 17.6 Å². The Labute approximate surface area is 267 Å². The van der Waals surface area contributed by atoms with Gasteiger partial charge in [0, 0.05) is 19.5 Å². The lowest BCUT2D eigenvalue weighted by molar-refractivity contribution is -0.199. The molecule has 9 nitrogen and oxygen atoms in total. The molecule has 5 rings (SSSR count). The van der Waals surface area contributed by atoms with Crippen molar-refractivity contribution in [3.05, 3.63) is 0 Å². The van der Waals surface area contributed by atoms with Crippen molar-refractivity contribution < 1.29 is 18.9 Å². The number of amides is 2. The van der Waals surface area contributed by atoms with E-state index < -0.39 is 13.2 Å². The molecule has 44 heavy (non-hydrogen) atoms. The van der Waals surface area contributed by atoms with Gasteiger partial charge in [-0.1, -0.05) is 60.3 Å². The highest BCUT2D eigenvalue weighted by molar-refractivity contribution is 6.48. The summed E-state index contributed by atoms with van der Waals surface area (Å²) >= 11 is 0. The van der Waals surface area contributed by atoms with E-state index in [4.69, 9.17) is 14.7 Å². The minimum Gasteiger partial charge on any atom is -0.404 e. The Balaban J connectivity index is 1.39. The molecule has 0 spiro atoms. The molecular formula is C34H62BN5O4. The quantitative estimate of drug-likeness (QED) is 0.0749. The fraction of sp³-hybridized carbons (Fsp3) is 0.912. The Morgan fingerprint density at radius 1 is 1.02 bits per heavy atom. The highest BCUT2D eigenvalue weighted by Crippen LogP contribution is 2.65. The fourth-order valence-electron chi connectivity index (χ4n) is 8.66. The minimum atomic E-state index is -0.643. The first-order chi connectivity index (χ1) is 20.9. The first kappa shape index (κ1) is 35.1. The van der Waals surface area contributed by atoms with Gasteiger partial charge >= 0.3 is 7.12 Å². The molecule has 5 aliphatic rings. The molecule has 250 valence electrons. The molecule has 6 atom stereocenters. The lowest BCUT2D eigenvalue weighted by Gasteiger charge is -2.64. The fourth-order valence-corrected chi connectivity index (χ4v) is 8.66. The Morgan fingerprint density at radius 2 is 1.75 bits per heavy atom. The van der Waals surface area contributed by atoms with Gasteiger partial charge in [0.1, 0.15) is 6.04 Å². The molecule has 10 heteroatoms. The molecule has 4 aliphatic carbocycles. The minimum absolute atomic E-state index is 0.00222. The van der Waals surface area contributed by atoms with Crippen LogP contribution in [0, 0.1) is 40.4 Å². The summed E-state index contributed by atoms with van der Waals surface area (Å²) in [5, 5.41) is 20.0. The van der Waals surface area contributed by atoms with Gasteiger partial charge in [0.25, 0.3) is 0 Å². The van der Waals surface area contributed by atoms with Gasteiger partial charge in [-0.2, -0.15) is 0 Å². The number of hydrogen-bond acceptors (Lipinski definition) is 5. The van der Waals surface area contributed by atoms with Crippen LogP contribution < -0.4 is 21.3 Å². The van der Waals surface area contributed by atoms with E-state index >= 15 is 0 Å². The second-order valence-corrected chi connectivity index (χ2v) is 15.6. The van der Waals surface area contributed by atoms with Crippen molar-refractivity contribution >= 4 is 24.9 Å². The van der Waals surface area contributed by atoms with Crippen LogP contribution in [0.4, 0.5) is 0 Å². The van der Waals surface area contributed by atoms with Gasteiger partial charge in [0.2, 0.25) is 11.8 Å². The summed E-state index contributed by atoms with van der Waals surface area (Å²) in [6.45, 7) is 14.0. The average Bonchev–Trinajstić information content (AvgIpc) is 3.35. The number of carbonyl (C=O) groups is 2. The zero-order valence-corrected chi connectivity index (χ0v) is 28.7. The third kappa shape index (κ3) is 8.12. The molecular weight excluding hydrogens is 553 g/mol. The molecule has 2 amide bonds.